The SMILES string of the molecule is CCN(CC)C(CNCC(=O)c1ccc(S(=O)(=O)N2CCCCC2)cc1)c1cccs1. The second-order valence-corrected chi connectivity index (χ2v) is 10.7. The summed E-state index contributed by atoms with van der Waals surface area (Å²) < 4.78 is 27.1. The van der Waals surface area contributed by atoms with Crippen molar-refractivity contribution in [3.63, 3.8) is 0 Å². The van der Waals surface area contributed by atoms with E-state index < -0.39 is 10.0 Å². The molecule has 1 atom stereocenters. The Morgan fingerprint density at radius 3 is 2.35 bits per heavy atom. The zero-order valence-corrected chi connectivity index (χ0v) is 20.1. The molecule has 0 saturated carbocycles. The second kappa shape index (κ2) is 11.3. The lowest BCUT2D eigenvalue weighted by Crippen LogP contribution is -2.37. The molecule has 1 fully saturated rings. The van der Waals surface area contributed by atoms with Crippen molar-refractivity contribution in [2.24, 2.45) is 0 Å². The number of nitrogens with one attached hydrogen (secondary N) is 1. The van der Waals surface area contributed by atoms with Gasteiger partial charge in [-0.1, -0.05) is 38.5 Å². The number of carbonyl (C=O) groups is 1. The number of benzene rings is 1. The van der Waals surface area contributed by atoms with Gasteiger partial charge in [-0.05, 0) is 49.5 Å². The van der Waals surface area contributed by atoms with Crippen molar-refractivity contribution >= 4 is 27.1 Å². The Morgan fingerprint density at radius 1 is 1.10 bits per heavy atom. The van der Waals surface area contributed by atoms with Crippen LogP contribution in [0.25, 0.3) is 0 Å². The van der Waals surface area contributed by atoms with Gasteiger partial charge in [-0.2, -0.15) is 4.31 Å². The smallest absolute Gasteiger partial charge is 0.243 e. The van der Waals surface area contributed by atoms with Gasteiger partial charge in [0.05, 0.1) is 17.5 Å². The van der Waals surface area contributed by atoms with E-state index in [0.29, 0.717) is 25.2 Å². The summed E-state index contributed by atoms with van der Waals surface area (Å²) in [6.45, 7) is 8.25. The fourth-order valence-corrected chi connectivity index (χ4v) is 6.42. The molecular weight excluding hydrogens is 430 g/mol. The lowest BCUT2D eigenvalue weighted by molar-refractivity contribution is 0.0987. The molecule has 1 saturated heterocycles. The topological polar surface area (TPSA) is 69.7 Å². The van der Waals surface area contributed by atoms with Crippen molar-refractivity contribution in [2.75, 3.05) is 39.3 Å². The van der Waals surface area contributed by atoms with E-state index in [-0.39, 0.29) is 23.3 Å². The van der Waals surface area contributed by atoms with Gasteiger partial charge in [0.2, 0.25) is 10.0 Å². The Morgan fingerprint density at radius 2 is 1.77 bits per heavy atom. The molecule has 170 valence electrons. The summed E-state index contributed by atoms with van der Waals surface area (Å²) in [6.07, 6.45) is 2.89. The van der Waals surface area contributed by atoms with E-state index >= 15 is 0 Å². The standard InChI is InChI=1S/C23H33N3O3S2/c1-3-25(4-2)21(23-9-8-16-30-23)17-24-18-22(27)19-10-12-20(13-11-19)31(28,29)26-14-6-5-7-15-26/h8-13,16,21,24H,3-7,14-15,17-18H2,1-2H3. The number of thiophene rings is 1. The van der Waals surface area contributed by atoms with Gasteiger partial charge >= 0.3 is 0 Å². The number of ketones is 1. The van der Waals surface area contributed by atoms with Crippen molar-refractivity contribution in [1.29, 1.82) is 0 Å². The minimum atomic E-state index is -3.47. The molecule has 1 aromatic carbocycles. The Bertz CT molecular complexity index is 917. The fourth-order valence-electron chi connectivity index (χ4n) is 4.05. The number of piperidine rings is 1. The van der Waals surface area contributed by atoms with E-state index in [1.807, 2.05) is 0 Å². The zero-order valence-electron chi connectivity index (χ0n) is 18.4. The molecule has 1 aliphatic rings. The summed E-state index contributed by atoms with van der Waals surface area (Å²) in [4.78, 5) is 16.6. The lowest BCUT2D eigenvalue weighted by Gasteiger charge is -2.29. The van der Waals surface area contributed by atoms with Crippen LogP contribution in [0.15, 0.2) is 46.7 Å². The van der Waals surface area contributed by atoms with Crippen molar-refractivity contribution in [3.8, 4) is 0 Å². The van der Waals surface area contributed by atoms with Crippen molar-refractivity contribution in [2.45, 2.75) is 44.0 Å². The molecule has 2 heterocycles. The van der Waals surface area contributed by atoms with Crippen molar-refractivity contribution in [3.05, 3.63) is 52.2 Å². The van der Waals surface area contributed by atoms with Crippen LogP contribution in [0, 0.1) is 0 Å². The fraction of sp³-hybridized carbons (Fsp3) is 0.522. The lowest BCUT2D eigenvalue weighted by atomic mass is 10.1. The summed E-state index contributed by atoms with van der Waals surface area (Å²) in [5.41, 5.74) is 0.528. The van der Waals surface area contributed by atoms with Gasteiger partial charge in [0, 0.05) is 30.1 Å². The number of rotatable bonds is 11. The minimum absolute atomic E-state index is 0.0357. The van der Waals surface area contributed by atoms with E-state index in [0.717, 1.165) is 32.4 Å². The molecule has 1 aromatic heterocycles. The van der Waals surface area contributed by atoms with Gasteiger partial charge < -0.3 is 5.32 Å². The number of hydrogen-bond acceptors (Lipinski definition) is 6. The molecule has 0 amide bonds. The van der Waals surface area contributed by atoms with Crippen LogP contribution in [-0.4, -0.2) is 62.7 Å². The maximum atomic E-state index is 12.8. The van der Waals surface area contributed by atoms with Crippen LogP contribution in [-0.2, 0) is 10.0 Å². The van der Waals surface area contributed by atoms with E-state index in [1.165, 1.54) is 4.88 Å². The molecule has 2 aromatic rings. The van der Waals surface area contributed by atoms with Gasteiger partial charge in [0.1, 0.15) is 0 Å². The van der Waals surface area contributed by atoms with Gasteiger partial charge in [0.25, 0.3) is 0 Å². The quantitative estimate of drug-likeness (QED) is 0.514. The minimum Gasteiger partial charge on any atom is -0.308 e. The van der Waals surface area contributed by atoms with Crippen LogP contribution >= 0.6 is 11.3 Å². The third kappa shape index (κ3) is 6.02. The summed E-state index contributed by atoms with van der Waals surface area (Å²) >= 11 is 1.73. The summed E-state index contributed by atoms with van der Waals surface area (Å²) in [5, 5.41) is 5.39. The van der Waals surface area contributed by atoms with Crippen LogP contribution < -0.4 is 5.32 Å². The third-order valence-electron chi connectivity index (χ3n) is 5.88. The van der Waals surface area contributed by atoms with Gasteiger partial charge in [-0.25, -0.2) is 8.42 Å². The molecule has 3 rings (SSSR count). The molecular formula is C23H33N3O3S2. The van der Waals surface area contributed by atoms with Crippen LogP contribution in [0.4, 0.5) is 0 Å². The summed E-state index contributed by atoms with van der Waals surface area (Å²) in [7, 11) is -3.47. The summed E-state index contributed by atoms with van der Waals surface area (Å²) in [5.74, 6) is -0.0357. The maximum absolute atomic E-state index is 12.8. The first kappa shape index (κ1) is 24.1. The van der Waals surface area contributed by atoms with Gasteiger partial charge in [0.15, 0.2) is 5.78 Å². The Kier molecular flexibility index (Phi) is 8.80. The number of nitrogens with zero attached hydrogens (tertiary/aromatic N) is 2. The highest BCUT2D eigenvalue weighted by Gasteiger charge is 2.26. The predicted octanol–water partition coefficient (Wildman–Crippen LogP) is 3.78. The van der Waals surface area contributed by atoms with E-state index in [1.54, 1.807) is 39.9 Å². The molecule has 8 heteroatoms. The first-order valence-corrected chi connectivity index (χ1v) is 13.4. The predicted molar refractivity (Wildman–Crippen MR) is 126 cm³/mol. The largest absolute Gasteiger partial charge is 0.308 e. The number of likely N-dealkylation sites (N-methyl/N-ethyl adjacent to an activating group) is 1. The average molecular weight is 464 g/mol. The number of hydrogen-bond donors (Lipinski definition) is 1. The van der Waals surface area contributed by atoms with Gasteiger partial charge in [-0.3, -0.25) is 9.69 Å². The highest BCUT2D eigenvalue weighted by atomic mass is 32.2. The van der Waals surface area contributed by atoms with Crippen LogP contribution in [0.5, 0.6) is 0 Å². The second-order valence-electron chi connectivity index (χ2n) is 7.80. The number of carbonyl (C=O) groups excluding carboxylic acids is 1. The molecule has 0 aliphatic carbocycles. The highest BCUT2D eigenvalue weighted by molar-refractivity contribution is 7.89. The Labute approximate surface area is 190 Å². The van der Waals surface area contributed by atoms with Crippen LogP contribution in [0.3, 0.4) is 0 Å². The molecule has 0 spiro atoms. The van der Waals surface area contributed by atoms with Crippen LogP contribution in [0.2, 0.25) is 0 Å². The third-order valence-corrected chi connectivity index (χ3v) is 8.76. The highest BCUT2D eigenvalue weighted by Crippen LogP contribution is 2.24. The van der Waals surface area contributed by atoms with Crippen LogP contribution in [0.1, 0.15) is 54.4 Å². The Hall–Kier alpha value is -1.58. The molecule has 0 bridgehead atoms. The normalized spacial score (nSPS) is 16.5. The van der Waals surface area contributed by atoms with Gasteiger partial charge in [-0.15, -0.1) is 11.3 Å². The van der Waals surface area contributed by atoms with E-state index in [9.17, 15) is 13.2 Å². The molecule has 1 unspecified atom stereocenters. The molecule has 1 aliphatic heterocycles. The molecule has 0 radical (unpaired) electrons. The molecule has 31 heavy (non-hydrogen) atoms. The monoisotopic (exact) mass is 463 g/mol. The molecule has 6 nitrogen and oxygen atoms in total. The van der Waals surface area contributed by atoms with E-state index in [4.69, 9.17) is 0 Å². The Balaban J connectivity index is 1.59. The zero-order chi connectivity index (χ0) is 22.3. The number of Topliss-reactive ketones (excluding diaryl/α,β-unsaturated/α-hetero) is 1. The van der Waals surface area contributed by atoms with E-state index in [2.05, 4.69) is 41.6 Å². The number of sulfonamides is 1. The maximum Gasteiger partial charge on any atom is 0.243 e. The first-order chi connectivity index (χ1) is 15.0. The van der Waals surface area contributed by atoms with Crippen molar-refractivity contribution < 1.29 is 13.2 Å². The molecule has 1 N–H and O–H groups in total. The average Bonchev–Trinajstić information content (AvgIpc) is 3.34. The van der Waals surface area contributed by atoms with Crippen molar-refractivity contribution in [1.82, 2.24) is 14.5 Å². The summed E-state index contributed by atoms with van der Waals surface area (Å²) in [6, 6.07) is 10.8. The first-order valence-electron chi connectivity index (χ1n) is 11.1.